The molecule has 4 heteroatoms. The highest BCUT2D eigenvalue weighted by molar-refractivity contribution is 5.64. The van der Waals surface area contributed by atoms with Gasteiger partial charge in [0.05, 0.1) is 11.7 Å². The van der Waals surface area contributed by atoms with Crippen LogP contribution in [-0.4, -0.2) is 11.7 Å². The summed E-state index contributed by atoms with van der Waals surface area (Å²) in [6.07, 6.45) is 0. The Bertz CT molecular complexity index is 325. The van der Waals surface area contributed by atoms with Crippen LogP contribution in [0.25, 0.3) is 0 Å². The van der Waals surface area contributed by atoms with Crippen LogP contribution in [0.2, 0.25) is 0 Å². The molecule has 1 atom stereocenters. The van der Waals surface area contributed by atoms with Crippen molar-refractivity contribution >= 4 is 5.69 Å². The van der Waals surface area contributed by atoms with Crippen molar-refractivity contribution in [3.8, 4) is 11.5 Å². The van der Waals surface area contributed by atoms with E-state index in [1.54, 1.807) is 12.1 Å². The van der Waals surface area contributed by atoms with Crippen LogP contribution in [0, 0.1) is 0 Å². The fourth-order valence-corrected chi connectivity index (χ4v) is 1.31. The molecule has 0 aromatic heterocycles. The molecule has 0 spiro atoms. The Morgan fingerprint density at radius 1 is 1.50 bits per heavy atom. The SMILES string of the molecule is Nc1ccc2c(c1O)OCC2N. The molecule has 0 amide bonds. The number of phenolic OH excluding ortho intramolecular Hbond substituents is 1. The van der Waals surface area contributed by atoms with E-state index in [1.807, 2.05) is 0 Å². The first-order valence-corrected chi connectivity index (χ1v) is 3.70. The smallest absolute Gasteiger partial charge is 0.181 e. The van der Waals surface area contributed by atoms with Crippen molar-refractivity contribution < 1.29 is 9.84 Å². The molecule has 1 aromatic carbocycles. The number of anilines is 1. The van der Waals surface area contributed by atoms with Gasteiger partial charge in [0.2, 0.25) is 0 Å². The molecule has 0 radical (unpaired) electrons. The number of rotatable bonds is 0. The molecule has 1 aromatic rings. The van der Waals surface area contributed by atoms with E-state index in [4.69, 9.17) is 16.2 Å². The fourth-order valence-electron chi connectivity index (χ4n) is 1.31. The highest BCUT2D eigenvalue weighted by Gasteiger charge is 2.24. The van der Waals surface area contributed by atoms with Gasteiger partial charge < -0.3 is 21.3 Å². The van der Waals surface area contributed by atoms with E-state index < -0.39 is 0 Å². The van der Waals surface area contributed by atoms with Gasteiger partial charge in [0.15, 0.2) is 11.5 Å². The van der Waals surface area contributed by atoms with Crippen molar-refractivity contribution in [1.29, 1.82) is 0 Å². The number of ether oxygens (including phenoxy) is 1. The zero-order chi connectivity index (χ0) is 8.72. The summed E-state index contributed by atoms with van der Waals surface area (Å²) in [6.45, 7) is 0.409. The molecule has 0 bridgehead atoms. The number of phenols is 1. The summed E-state index contributed by atoms with van der Waals surface area (Å²) >= 11 is 0. The molecule has 1 aliphatic rings. The summed E-state index contributed by atoms with van der Waals surface area (Å²) < 4.78 is 5.17. The molecular formula is C8H10N2O2. The van der Waals surface area contributed by atoms with E-state index in [-0.39, 0.29) is 11.8 Å². The highest BCUT2D eigenvalue weighted by Crippen LogP contribution is 2.41. The van der Waals surface area contributed by atoms with Gasteiger partial charge >= 0.3 is 0 Å². The summed E-state index contributed by atoms with van der Waals surface area (Å²) in [5.74, 6) is 0.433. The Morgan fingerprint density at radius 3 is 3.00 bits per heavy atom. The molecule has 1 heterocycles. The van der Waals surface area contributed by atoms with Crippen LogP contribution >= 0.6 is 0 Å². The lowest BCUT2D eigenvalue weighted by Gasteiger charge is -2.04. The molecule has 1 aliphatic heterocycles. The summed E-state index contributed by atoms with van der Waals surface area (Å²) in [4.78, 5) is 0. The van der Waals surface area contributed by atoms with Crippen LogP contribution < -0.4 is 16.2 Å². The summed E-state index contributed by atoms with van der Waals surface area (Å²) in [5, 5.41) is 9.43. The first kappa shape index (κ1) is 7.24. The Balaban J connectivity index is 2.60. The lowest BCUT2D eigenvalue weighted by atomic mass is 10.1. The van der Waals surface area contributed by atoms with Gasteiger partial charge in [0, 0.05) is 5.56 Å². The predicted octanol–water partition coefficient (Wildman–Crippen LogP) is 0.367. The van der Waals surface area contributed by atoms with Crippen LogP contribution in [0.15, 0.2) is 12.1 Å². The topological polar surface area (TPSA) is 81.5 Å². The Labute approximate surface area is 69.7 Å². The molecule has 0 saturated heterocycles. The van der Waals surface area contributed by atoms with Crippen molar-refractivity contribution in [2.24, 2.45) is 5.73 Å². The lowest BCUT2D eigenvalue weighted by molar-refractivity contribution is 0.317. The molecular weight excluding hydrogens is 156 g/mol. The molecule has 2 rings (SSSR count). The third-order valence-electron chi connectivity index (χ3n) is 2.00. The van der Waals surface area contributed by atoms with Gasteiger partial charge in [-0.05, 0) is 6.07 Å². The van der Waals surface area contributed by atoms with Gasteiger partial charge in [-0.1, -0.05) is 6.07 Å². The van der Waals surface area contributed by atoms with E-state index in [0.717, 1.165) is 5.56 Å². The molecule has 1 unspecified atom stereocenters. The van der Waals surface area contributed by atoms with Crippen LogP contribution in [0.1, 0.15) is 11.6 Å². The summed E-state index contributed by atoms with van der Waals surface area (Å²) in [5.41, 5.74) is 12.3. The molecule has 0 saturated carbocycles. The maximum atomic E-state index is 9.43. The second-order valence-corrected chi connectivity index (χ2v) is 2.84. The minimum absolute atomic E-state index is 0.000417. The number of hydrogen-bond acceptors (Lipinski definition) is 4. The molecule has 5 N–H and O–H groups in total. The van der Waals surface area contributed by atoms with Crippen LogP contribution in [0.3, 0.4) is 0 Å². The van der Waals surface area contributed by atoms with Crippen LogP contribution in [0.5, 0.6) is 11.5 Å². The zero-order valence-corrected chi connectivity index (χ0v) is 6.45. The third kappa shape index (κ3) is 0.816. The van der Waals surface area contributed by atoms with Crippen molar-refractivity contribution in [1.82, 2.24) is 0 Å². The third-order valence-corrected chi connectivity index (χ3v) is 2.00. The number of fused-ring (bicyclic) bond motifs is 1. The van der Waals surface area contributed by atoms with E-state index in [2.05, 4.69) is 0 Å². The van der Waals surface area contributed by atoms with E-state index in [1.165, 1.54) is 0 Å². The van der Waals surface area contributed by atoms with Gasteiger partial charge in [-0.3, -0.25) is 0 Å². The number of nitrogen functional groups attached to an aromatic ring is 1. The highest BCUT2D eigenvalue weighted by atomic mass is 16.5. The first-order chi connectivity index (χ1) is 5.70. The quantitative estimate of drug-likeness (QED) is 0.384. The number of nitrogens with two attached hydrogens (primary N) is 2. The second kappa shape index (κ2) is 2.28. The summed E-state index contributed by atoms with van der Waals surface area (Å²) in [6, 6.07) is 3.26. The fraction of sp³-hybridized carbons (Fsp3) is 0.250. The van der Waals surface area contributed by atoms with Crippen molar-refractivity contribution in [3.05, 3.63) is 17.7 Å². The zero-order valence-electron chi connectivity index (χ0n) is 6.45. The monoisotopic (exact) mass is 166 g/mol. The molecule has 64 valence electrons. The average Bonchev–Trinajstić information content (AvgIpc) is 2.41. The average molecular weight is 166 g/mol. The Hall–Kier alpha value is -1.42. The second-order valence-electron chi connectivity index (χ2n) is 2.84. The number of aromatic hydroxyl groups is 1. The van der Waals surface area contributed by atoms with E-state index in [9.17, 15) is 5.11 Å². The van der Waals surface area contributed by atoms with Gasteiger partial charge in [-0.2, -0.15) is 0 Å². The molecule has 0 fully saturated rings. The first-order valence-electron chi connectivity index (χ1n) is 3.70. The Morgan fingerprint density at radius 2 is 2.25 bits per heavy atom. The van der Waals surface area contributed by atoms with Crippen LogP contribution in [-0.2, 0) is 0 Å². The van der Waals surface area contributed by atoms with E-state index in [0.29, 0.717) is 18.0 Å². The number of hydrogen-bond donors (Lipinski definition) is 3. The maximum absolute atomic E-state index is 9.43. The van der Waals surface area contributed by atoms with Gasteiger partial charge in [-0.25, -0.2) is 0 Å². The lowest BCUT2D eigenvalue weighted by Crippen LogP contribution is -2.10. The van der Waals surface area contributed by atoms with Gasteiger partial charge in [0.25, 0.3) is 0 Å². The standard InChI is InChI=1S/C8H10N2O2/c9-5-2-1-4-6(10)3-12-8(4)7(5)11/h1-2,6,11H,3,9-10H2. The normalized spacial score (nSPS) is 20.2. The molecule has 12 heavy (non-hydrogen) atoms. The van der Waals surface area contributed by atoms with E-state index >= 15 is 0 Å². The van der Waals surface area contributed by atoms with Crippen LogP contribution in [0.4, 0.5) is 5.69 Å². The maximum Gasteiger partial charge on any atom is 0.181 e. The largest absolute Gasteiger partial charge is 0.503 e. The minimum atomic E-state index is -0.147. The Kier molecular flexibility index (Phi) is 1.38. The van der Waals surface area contributed by atoms with Gasteiger partial charge in [-0.15, -0.1) is 0 Å². The van der Waals surface area contributed by atoms with Gasteiger partial charge in [0.1, 0.15) is 6.61 Å². The molecule has 4 nitrogen and oxygen atoms in total. The molecule has 0 aliphatic carbocycles. The van der Waals surface area contributed by atoms with Crippen molar-refractivity contribution in [2.45, 2.75) is 6.04 Å². The van der Waals surface area contributed by atoms with Crippen molar-refractivity contribution in [3.63, 3.8) is 0 Å². The minimum Gasteiger partial charge on any atom is -0.503 e. The van der Waals surface area contributed by atoms with Crippen molar-refractivity contribution in [2.75, 3.05) is 12.3 Å². The summed E-state index contributed by atoms with van der Waals surface area (Å²) in [7, 11) is 0. The predicted molar refractivity (Wildman–Crippen MR) is 44.9 cm³/mol. The number of benzene rings is 1.